The zero-order valence-electron chi connectivity index (χ0n) is 31.0. The number of methoxy groups -OCH3 is 1. The lowest BCUT2D eigenvalue weighted by molar-refractivity contribution is -0.156. The minimum absolute atomic E-state index is 0.0652. The van der Waals surface area contributed by atoms with Crippen LogP contribution in [-0.2, 0) is 29.8 Å². The fraction of sp³-hybridized carbons (Fsp3) is 0.512. The van der Waals surface area contributed by atoms with Crippen molar-refractivity contribution in [1.82, 2.24) is 9.88 Å². The SMILES string of the molecule is C=C[C@@H]1C[C@]1(CC(=O)[C@@H]1C[C@@H](Oc2cc(Cl)nc3cc(OC)ccc23)CN1C(=O)C(CC(=O)OC1CCCC1)C(C)(C)C)P(=O)(O)Cc1ccccc1. The Labute approximate surface area is 316 Å². The van der Waals surface area contributed by atoms with Crippen LogP contribution in [-0.4, -0.2) is 69.5 Å². The number of pyridine rings is 1. The number of hydrogen-bond acceptors (Lipinski definition) is 8. The quantitative estimate of drug-likeness (QED) is 0.0748. The summed E-state index contributed by atoms with van der Waals surface area (Å²) in [6, 6.07) is 15.1. The summed E-state index contributed by atoms with van der Waals surface area (Å²) in [6.07, 6.45) is 4.64. The van der Waals surface area contributed by atoms with E-state index < -0.39 is 42.0 Å². The molecule has 6 atom stereocenters. The molecular weight excluding hydrogens is 715 g/mol. The molecule has 12 heteroatoms. The van der Waals surface area contributed by atoms with Crippen LogP contribution in [0, 0.1) is 17.3 Å². The molecule has 2 heterocycles. The van der Waals surface area contributed by atoms with Crippen LogP contribution in [0.2, 0.25) is 5.15 Å². The highest BCUT2D eigenvalue weighted by Crippen LogP contribution is 2.74. The molecule has 10 nitrogen and oxygen atoms in total. The van der Waals surface area contributed by atoms with Crippen LogP contribution in [0.5, 0.6) is 11.5 Å². The van der Waals surface area contributed by atoms with Crippen molar-refractivity contribution in [1.29, 1.82) is 0 Å². The summed E-state index contributed by atoms with van der Waals surface area (Å²) in [7, 11) is -2.37. The van der Waals surface area contributed by atoms with Crippen LogP contribution in [0.1, 0.15) is 77.7 Å². The van der Waals surface area contributed by atoms with Crippen LogP contribution < -0.4 is 9.47 Å². The maximum absolute atomic E-state index is 14.7. The molecule has 0 spiro atoms. The van der Waals surface area contributed by atoms with Gasteiger partial charge in [0.25, 0.3) is 0 Å². The number of aromatic nitrogens is 1. The number of ketones is 1. The summed E-state index contributed by atoms with van der Waals surface area (Å²) in [6.45, 7) is 9.68. The van der Waals surface area contributed by atoms with Crippen LogP contribution in [0.4, 0.5) is 0 Å². The molecule has 2 aromatic carbocycles. The Kier molecular flexibility index (Phi) is 11.4. The first-order valence-corrected chi connectivity index (χ1v) is 20.7. The largest absolute Gasteiger partial charge is 0.497 e. The van der Waals surface area contributed by atoms with Crippen molar-refractivity contribution >= 4 is 47.5 Å². The summed E-state index contributed by atoms with van der Waals surface area (Å²) in [4.78, 5) is 60.1. The number of benzene rings is 2. The molecule has 1 amide bonds. The summed E-state index contributed by atoms with van der Waals surface area (Å²) in [5.41, 5.74) is 0.626. The summed E-state index contributed by atoms with van der Waals surface area (Å²) >= 11 is 6.42. The number of esters is 1. The first-order chi connectivity index (χ1) is 25.1. The van der Waals surface area contributed by atoms with E-state index in [1.54, 1.807) is 43.5 Å². The van der Waals surface area contributed by atoms with E-state index in [-0.39, 0.29) is 60.8 Å². The van der Waals surface area contributed by atoms with Crippen molar-refractivity contribution in [2.24, 2.45) is 17.3 Å². The van der Waals surface area contributed by atoms with Crippen molar-refractivity contribution in [3.05, 3.63) is 78.0 Å². The summed E-state index contributed by atoms with van der Waals surface area (Å²) in [5, 5.41) is -0.299. The third-order valence-corrected chi connectivity index (χ3v) is 14.3. The number of likely N-dealkylation sites (tertiary alicyclic amines) is 1. The van der Waals surface area contributed by atoms with Gasteiger partial charge in [0.2, 0.25) is 13.3 Å². The summed E-state index contributed by atoms with van der Waals surface area (Å²) in [5.74, 6) is -1.17. The first kappa shape index (κ1) is 39.0. The maximum atomic E-state index is 14.7. The number of hydrogen-bond donors (Lipinski definition) is 1. The molecule has 1 aromatic heterocycles. The Morgan fingerprint density at radius 1 is 1.11 bits per heavy atom. The van der Waals surface area contributed by atoms with Crippen molar-refractivity contribution in [2.75, 3.05) is 13.7 Å². The second kappa shape index (κ2) is 15.6. The predicted molar refractivity (Wildman–Crippen MR) is 204 cm³/mol. The Hall–Kier alpha value is -3.72. The number of fused-ring (bicyclic) bond motifs is 1. The number of Topliss-reactive ketones (excluding diaryl/α,β-unsaturated/α-hetero) is 1. The second-order valence-electron chi connectivity index (χ2n) is 16.0. The van der Waals surface area contributed by atoms with E-state index in [4.69, 9.17) is 25.8 Å². The van der Waals surface area contributed by atoms with Gasteiger partial charge in [0.1, 0.15) is 28.9 Å². The molecule has 1 saturated heterocycles. The van der Waals surface area contributed by atoms with Gasteiger partial charge in [-0.15, -0.1) is 6.58 Å². The Morgan fingerprint density at radius 3 is 2.47 bits per heavy atom. The highest BCUT2D eigenvalue weighted by molar-refractivity contribution is 7.59. The standard InChI is InChI=1S/C41H50ClN2O8P/c1-6-27-22-41(27,53(48,49)25-26-12-8-7-9-13-26)23-35(45)34-19-30(51-36-21-37(42)43-33-18-29(50-5)16-17-31(33)36)24-44(34)39(47)32(40(2,3)4)20-38(46)52-28-14-10-11-15-28/h6-9,12-13,16-18,21,27-28,30,32,34H,1,10-11,14-15,19-20,22-25H2,2-5H3,(H,48,49)/t27-,30-,32?,34+,41-/m1/s1. The highest BCUT2D eigenvalue weighted by atomic mass is 35.5. The molecule has 284 valence electrons. The van der Waals surface area contributed by atoms with E-state index >= 15 is 0 Å². The van der Waals surface area contributed by atoms with E-state index in [9.17, 15) is 23.8 Å². The monoisotopic (exact) mass is 764 g/mol. The second-order valence-corrected chi connectivity index (χ2v) is 19.0. The average molecular weight is 765 g/mol. The molecule has 3 aromatic rings. The van der Waals surface area contributed by atoms with Crippen molar-refractivity contribution in [3.8, 4) is 11.5 Å². The molecule has 3 aliphatic rings. The van der Waals surface area contributed by atoms with Gasteiger partial charge >= 0.3 is 5.97 Å². The van der Waals surface area contributed by atoms with E-state index in [2.05, 4.69) is 11.6 Å². The molecule has 3 fully saturated rings. The fourth-order valence-corrected chi connectivity index (χ4v) is 10.8. The van der Waals surface area contributed by atoms with E-state index in [1.807, 2.05) is 45.0 Å². The highest BCUT2D eigenvalue weighted by Gasteiger charge is 2.65. The van der Waals surface area contributed by atoms with Crippen molar-refractivity contribution in [3.63, 3.8) is 0 Å². The van der Waals surface area contributed by atoms with E-state index in [1.165, 1.54) is 4.90 Å². The molecule has 2 aliphatic carbocycles. The number of ether oxygens (including phenoxy) is 3. The average Bonchev–Trinajstić information content (AvgIpc) is 3.37. The van der Waals surface area contributed by atoms with Gasteiger partial charge in [-0.05, 0) is 61.1 Å². The fourth-order valence-electron chi connectivity index (χ4n) is 8.11. The summed E-state index contributed by atoms with van der Waals surface area (Å²) < 4.78 is 31.9. The zero-order valence-corrected chi connectivity index (χ0v) is 32.6. The van der Waals surface area contributed by atoms with Gasteiger partial charge in [-0.2, -0.15) is 0 Å². The van der Waals surface area contributed by atoms with E-state index in [0.29, 0.717) is 34.4 Å². The van der Waals surface area contributed by atoms with Crippen LogP contribution in [0.25, 0.3) is 10.9 Å². The number of rotatable bonds is 14. The Bertz CT molecular complexity index is 1910. The molecule has 2 saturated carbocycles. The normalized spacial score (nSPS) is 24.7. The molecule has 6 rings (SSSR count). The van der Waals surface area contributed by atoms with Gasteiger partial charge < -0.3 is 24.0 Å². The third kappa shape index (κ3) is 8.50. The zero-order chi connectivity index (χ0) is 38.1. The van der Waals surface area contributed by atoms with Gasteiger partial charge in [-0.25, -0.2) is 4.98 Å². The maximum Gasteiger partial charge on any atom is 0.306 e. The van der Waals surface area contributed by atoms with Crippen LogP contribution in [0.15, 0.2) is 67.3 Å². The van der Waals surface area contributed by atoms with Gasteiger partial charge in [0.05, 0.1) is 48.9 Å². The van der Waals surface area contributed by atoms with Crippen molar-refractivity contribution < 1.29 is 38.1 Å². The molecule has 1 aliphatic heterocycles. The van der Waals surface area contributed by atoms with Gasteiger partial charge in [0.15, 0.2) is 5.78 Å². The molecule has 53 heavy (non-hydrogen) atoms. The lowest BCUT2D eigenvalue weighted by atomic mass is 9.77. The van der Waals surface area contributed by atoms with E-state index in [0.717, 1.165) is 25.7 Å². The predicted octanol–water partition coefficient (Wildman–Crippen LogP) is 8.16. The third-order valence-electron chi connectivity index (χ3n) is 11.3. The van der Waals surface area contributed by atoms with Gasteiger partial charge in [-0.1, -0.05) is 68.8 Å². The van der Waals surface area contributed by atoms with Gasteiger partial charge in [0, 0.05) is 30.4 Å². The van der Waals surface area contributed by atoms with Gasteiger partial charge in [-0.3, -0.25) is 18.9 Å². The molecule has 2 unspecified atom stereocenters. The number of nitrogens with zero attached hydrogens (tertiary/aromatic N) is 2. The minimum atomic E-state index is -3.93. The lowest BCUT2D eigenvalue weighted by Gasteiger charge is -2.35. The molecule has 0 radical (unpaired) electrons. The number of allylic oxidation sites excluding steroid dienone is 1. The number of halogens is 1. The number of carbonyl (C=O) groups is 3. The van der Waals surface area contributed by atoms with Crippen molar-refractivity contribution in [2.45, 2.75) is 102 Å². The lowest BCUT2D eigenvalue weighted by Crippen LogP contribution is -2.48. The minimum Gasteiger partial charge on any atom is -0.497 e. The molecular formula is C41H50ClN2O8P. The first-order valence-electron chi connectivity index (χ1n) is 18.5. The molecule has 1 N–H and O–H groups in total. The Balaban J connectivity index is 1.30. The van der Waals surface area contributed by atoms with Crippen LogP contribution in [0.3, 0.4) is 0 Å². The topological polar surface area (TPSA) is 132 Å². The molecule has 0 bridgehead atoms. The van der Waals surface area contributed by atoms with Crippen LogP contribution >= 0.6 is 19.0 Å². The number of carbonyl (C=O) groups excluding carboxylic acids is 3. The smallest absolute Gasteiger partial charge is 0.306 e. The number of amides is 1. The Morgan fingerprint density at radius 2 is 1.83 bits per heavy atom.